The van der Waals surface area contributed by atoms with Crippen LogP contribution < -0.4 is 0 Å². The van der Waals surface area contributed by atoms with E-state index in [0.29, 0.717) is 29.8 Å². The van der Waals surface area contributed by atoms with Crippen LogP contribution in [-0.4, -0.2) is 25.8 Å². The van der Waals surface area contributed by atoms with Crippen LogP contribution in [0, 0.1) is 11.8 Å². The Morgan fingerprint density at radius 2 is 1.70 bits per heavy atom. The molecular formula is C17H19Br2NO2S. The van der Waals surface area contributed by atoms with Gasteiger partial charge in [0.25, 0.3) is 0 Å². The maximum Gasteiger partial charge on any atom is 0.243 e. The van der Waals surface area contributed by atoms with Crippen LogP contribution in [0.25, 0.3) is 0 Å². The van der Waals surface area contributed by atoms with Gasteiger partial charge in [0, 0.05) is 23.5 Å². The molecule has 0 bridgehead atoms. The second-order valence-corrected chi connectivity index (χ2v) is 9.74. The van der Waals surface area contributed by atoms with E-state index in [4.69, 9.17) is 0 Å². The smallest absolute Gasteiger partial charge is 0.207 e. The molecule has 0 N–H and O–H groups in total. The van der Waals surface area contributed by atoms with Gasteiger partial charge in [0.15, 0.2) is 0 Å². The molecule has 0 spiro atoms. The van der Waals surface area contributed by atoms with Crippen LogP contribution in [0.5, 0.6) is 0 Å². The molecule has 0 saturated carbocycles. The van der Waals surface area contributed by atoms with E-state index >= 15 is 0 Å². The molecule has 3 rings (SSSR count). The fraction of sp³-hybridized carbons (Fsp3) is 0.412. The quantitative estimate of drug-likeness (QED) is 0.612. The van der Waals surface area contributed by atoms with Crippen molar-refractivity contribution < 1.29 is 8.42 Å². The molecule has 1 saturated heterocycles. The van der Waals surface area contributed by atoms with Crippen LogP contribution in [0.1, 0.15) is 19.3 Å². The lowest BCUT2D eigenvalue weighted by Gasteiger charge is -2.35. The van der Waals surface area contributed by atoms with Crippen molar-refractivity contribution in [3.8, 4) is 0 Å². The summed E-state index contributed by atoms with van der Waals surface area (Å²) in [4.78, 5) is 0.373. The minimum absolute atomic E-state index is 0.373. The Bertz CT molecular complexity index is 717. The second kappa shape index (κ2) is 7.21. The highest BCUT2D eigenvalue weighted by Crippen LogP contribution is 2.37. The van der Waals surface area contributed by atoms with E-state index in [1.807, 2.05) is 0 Å². The van der Waals surface area contributed by atoms with Crippen molar-refractivity contribution in [2.45, 2.75) is 24.2 Å². The molecule has 1 aliphatic heterocycles. The molecule has 124 valence electrons. The van der Waals surface area contributed by atoms with Gasteiger partial charge >= 0.3 is 0 Å². The van der Waals surface area contributed by atoms with E-state index in [2.05, 4.69) is 50.1 Å². The summed E-state index contributed by atoms with van der Waals surface area (Å²) in [7, 11) is -3.38. The minimum atomic E-state index is -3.38. The van der Waals surface area contributed by atoms with E-state index < -0.39 is 10.0 Å². The topological polar surface area (TPSA) is 37.4 Å². The van der Waals surface area contributed by atoms with Crippen molar-refractivity contribution in [1.82, 2.24) is 4.31 Å². The predicted molar refractivity (Wildman–Crippen MR) is 99.9 cm³/mol. The van der Waals surface area contributed by atoms with Gasteiger partial charge in [0.2, 0.25) is 10.0 Å². The number of nitrogens with zero attached hydrogens (tertiary/aromatic N) is 1. The summed E-state index contributed by atoms with van der Waals surface area (Å²) in [5.74, 6) is 0.912. The molecule has 1 fully saturated rings. The van der Waals surface area contributed by atoms with E-state index in [0.717, 1.165) is 23.7 Å². The first-order valence-corrected chi connectivity index (χ1v) is 10.8. The highest BCUT2D eigenvalue weighted by atomic mass is 79.9. The summed E-state index contributed by atoms with van der Waals surface area (Å²) >= 11 is 7.00. The molecule has 1 unspecified atom stereocenters. The van der Waals surface area contributed by atoms with Gasteiger partial charge < -0.3 is 0 Å². The summed E-state index contributed by atoms with van der Waals surface area (Å²) in [6.45, 7) is 1.18. The van der Waals surface area contributed by atoms with E-state index in [1.165, 1.54) is 4.48 Å². The van der Waals surface area contributed by atoms with Crippen LogP contribution in [0.15, 0.2) is 56.3 Å². The highest BCUT2D eigenvalue weighted by molar-refractivity contribution is 9.11. The number of rotatable bonds is 3. The second-order valence-electron chi connectivity index (χ2n) is 5.97. The molecule has 0 aromatic heterocycles. The third-order valence-electron chi connectivity index (χ3n) is 4.57. The zero-order valence-electron chi connectivity index (χ0n) is 12.7. The Balaban J connectivity index is 1.69. The number of allylic oxidation sites excluding steroid dienone is 4. The fourth-order valence-corrected chi connectivity index (χ4v) is 5.69. The third kappa shape index (κ3) is 3.81. The number of benzene rings is 1. The zero-order valence-corrected chi connectivity index (χ0v) is 16.6. The number of hydrogen-bond donors (Lipinski definition) is 0. The lowest BCUT2D eigenvalue weighted by atomic mass is 9.83. The van der Waals surface area contributed by atoms with Crippen molar-refractivity contribution in [3.63, 3.8) is 0 Å². The predicted octanol–water partition coefficient (Wildman–Crippen LogP) is 4.70. The van der Waals surface area contributed by atoms with Crippen molar-refractivity contribution in [2.24, 2.45) is 11.8 Å². The number of piperidine rings is 1. The third-order valence-corrected chi connectivity index (χ3v) is 7.86. The Hall–Kier alpha value is -0.430. The number of halogens is 2. The van der Waals surface area contributed by atoms with Crippen LogP contribution in [-0.2, 0) is 10.0 Å². The molecule has 1 aromatic carbocycles. The van der Waals surface area contributed by atoms with Crippen LogP contribution >= 0.6 is 31.9 Å². The van der Waals surface area contributed by atoms with Crippen LogP contribution in [0.2, 0.25) is 0 Å². The lowest BCUT2D eigenvalue weighted by molar-refractivity contribution is 0.248. The zero-order chi connectivity index (χ0) is 16.4. The Labute approximate surface area is 154 Å². The molecule has 1 heterocycles. The monoisotopic (exact) mass is 459 g/mol. The summed E-state index contributed by atoms with van der Waals surface area (Å²) < 4.78 is 29.2. The van der Waals surface area contributed by atoms with E-state index in [1.54, 1.807) is 28.6 Å². The average Bonchev–Trinajstić information content (AvgIpc) is 2.56. The van der Waals surface area contributed by atoms with Gasteiger partial charge in [-0.3, -0.25) is 0 Å². The highest BCUT2D eigenvalue weighted by Gasteiger charge is 2.32. The minimum Gasteiger partial charge on any atom is -0.207 e. The maximum absolute atomic E-state index is 12.7. The number of hydrogen-bond acceptors (Lipinski definition) is 2. The van der Waals surface area contributed by atoms with Crippen LogP contribution in [0.3, 0.4) is 0 Å². The van der Waals surface area contributed by atoms with E-state index in [-0.39, 0.29) is 0 Å². The molecule has 6 heteroatoms. The molecule has 0 amide bonds. The maximum atomic E-state index is 12.7. The van der Waals surface area contributed by atoms with Crippen molar-refractivity contribution >= 4 is 41.9 Å². The van der Waals surface area contributed by atoms with Crippen LogP contribution in [0.4, 0.5) is 0 Å². The van der Waals surface area contributed by atoms with Crippen molar-refractivity contribution in [1.29, 1.82) is 0 Å². The SMILES string of the molecule is O=S(=O)(c1ccc(Br)cc1)N1CCC(C2C=CCC=C2Br)CC1. The molecule has 1 aliphatic carbocycles. The Morgan fingerprint density at radius 1 is 1.04 bits per heavy atom. The largest absolute Gasteiger partial charge is 0.243 e. The van der Waals surface area contributed by atoms with Gasteiger partial charge in [0.05, 0.1) is 4.90 Å². The normalized spacial score (nSPS) is 23.7. The van der Waals surface area contributed by atoms with Gasteiger partial charge in [-0.25, -0.2) is 8.42 Å². The molecule has 23 heavy (non-hydrogen) atoms. The summed E-state index contributed by atoms with van der Waals surface area (Å²) in [5, 5.41) is 0. The molecule has 1 aromatic rings. The molecule has 3 nitrogen and oxygen atoms in total. The molecule has 2 aliphatic rings. The number of sulfonamides is 1. The van der Waals surface area contributed by atoms with Crippen molar-refractivity contribution in [3.05, 3.63) is 51.4 Å². The van der Waals surface area contributed by atoms with E-state index in [9.17, 15) is 8.42 Å². The Kier molecular flexibility index (Phi) is 5.46. The van der Waals surface area contributed by atoms with Crippen molar-refractivity contribution in [2.75, 3.05) is 13.1 Å². The lowest BCUT2D eigenvalue weighted by Crippen LogP contribution is -2.40. The summed E-state index contributed by atoms with van der Waals surface area (Å²) in [6.07, 6.45) is 9.43. The van der Waals surface area contributed by atoms with Gasteiger partial charge in [0.1, 0.15) is 0 Å². The van der Waals surface area contributed by atoms with Gasteiger partial charge in [-0.2, -0.15) is 4.31 Å². The summed E-state index contributed by atoms with van der Waals surface area (Å²) in [6, 6.07) is 6.87. The van der Waals surface area contributed by atoms with Gasteiger partial charge in [-0.1, -0.05) is 50.1 Å². The Morgan fingerprint density at radius 3 is 2.30 bits per heavy atom. The first kappa shape index (κ1) is 17.4. The standard InChI is InChI=1S/C17H19Br2NO2S/c18-14-5-7-15(8-6-14)23(21,22)20-11-9-13(10-12-20)16-3-1-2-4-17(16)19/h1,3-8,13,16H,2,9-12H2. The van der Waals surface area contributed by atoms with Gasteiger partial charge in [-0.05, 0) is 53.9 Å². The molecule has 0 radical (unpaired) electrons. The first-order chi connectivity index (χ1) is 11.0. The molecular weight excluding hydrogens is 442 g/mol. The first-order valence-electron chi connectivity index (χ1n) is 7.76. The fourth-order valence-electron chi connectivity index (χ4n) is 3.25. The van der Waals surface area contributed by atoms with Gasteiger partial charge in [-0.15, -0.1) is 0 Å². The summed E-state index contributed by atoms with van der Waals surface area (Å²) in [5.41, 5.74) is 0. The average molecular weight is 461 g/mol. The molecule has 1 atom stereocenters.